The van der Waals surface area contributed by atoms with Crippen molar-refractivity contribution >= 4 is 11.9 Å². The average molecular weight is 743 g/mol. The van der Waals surface area contributed by atoms with E-state index in [1.165, 1.54) is 83.5 Å². The van der Waals surface area contributed by atoms with Crippen LogP contribution in [0.4, 0.5) is 0 Å². The molecular weight excluding hydrogens is 664 g/mol. The Kier molecular flexibility index (Phi) is 37.0. The van der Waals surface area contributed by atoms with Gasteiger partial charge in [-0.1, -0.05) is 190 Å². The summed E-state index contributed by atoms with van der Waals surface area (Å²) in [6.07, 6.45) is 44.7. The average Bonchev–Trinajstić information content (AvgIpc) is 3.13. The summed E-state index contributed by atoms with van der Waals surface area (Å²) in [4.78, 5) is 24.0. The molecule has 53 heavy (non-hydrogen) atoms. The molecule has 0 aromatic heterocycles. The molecule has 0 aromatic carbocycles. The monoisotopic (exact) mass is 743 g/mol. The highest BCUT2D eigenvalue weighted by molar-refractivity contribution is 5.70. The molecule has 0 bridgehead atoms. The van der Waals surface area contributed by atoms with Crippen LogP contribution in [0.2, 0.25) is 0 Å². The van der Waals surface area contributed by atoms with Gasteiger partial charge in [0.05, 0.1) is 12.2 Å². The summed E-state index contributed by atoms with van der Waals surface area (Å²) in [7, 11) is 0. The first-order valence-corrected chi connectivity index (χ1v) is 21.1. The van der Waals surface area contributed by atoms with Crippen molar-refractivity contribution in [2.45, 2.75) is 187 Å². The summed E-state index contributed by atoms with van der Waals surface area (Å²) in [5, 5.41) is 29.9. The summed E-state index contributed by atoms with van der Waals surface area (Å²) >= 11 is 0. The quantitative estimate of drug-likeness (QED) is 0.0253. The van der Waals surface area contributed by atoms with Crippen LogP contribution in [-0.4, -0.2) is 58.8 Å². The van der Waals surface area contributed by atoms with Gasteiger partial charge in [0, 0.05) is 12.8 Å². The number of esters is 2. The number of allylic oxidation sites excluding steroid dienone is 8. The van der Waals surface area contributed by atoms with E-state index in [0.29, 0.717) is 32.1 Å². The van der Waals surface area contributed by atoms with Gasteiger partial charge in [-0.2, -0.15) is 0 Å². The van der Waals surface area contributed by atoms with Crippen LogP contribution in [0.25, 0.3) is 0 Å². The van der Waals surface area contributed by atoms with Gasteiger partial charge < -0.3 is 24.8 Å². The Balaban J connectivity index is 3.67. The number of rotatable bonds is 36. The maximum Gasteiger partial charge on any atom is 0.306 e. The Morgan fingerprint density at radius 2 is 0.962 bits per heavy atom. The number of aliphatic hydroxyl groups is 3. The van der Waals surface area contributed by atoms with Crippen LogP contribution in [0.5, 0.6) is 0 Å². The highest BCUT2D eigenvalue weighted by Crippen LogP contribution is 2.15. The minimum Gasteiger partial charge on any atom is -0.463 e. The predicted molar refractivity (Wildman–Crippen MR) is 221 cm³/mol. The van der Waals surface area contributed by atoms with Crippen molar-refractivity contribution in [2.75, 3.05) is 13.2 Å². The first kappa shape index (κ1) is 50.3. The van der Waals surface area contributed by atoms with Crippen LogP contribution >= 0.6 is 0 Å². The Hall–Kier alpha value is -2.74. The van der Waals surface area contributed by atoms with Crippen molar-refractivity contribution in [3.8, 4) is 0 Å². The topological polar surface area (TPSA) is 113 Å². The summed E-state index contributed by atoms with van der Waals surface area (Å²) < 4.78 is 10.3. The van der Waals surface area contributed by atoms with Gasteiger partial charge in [-0.05, 0) is 44.4 Å². The van der Waals surface area contributed by atoms with Crippen molar-refractivity contribution < 1.29 is 34.4 Å². The van der Waals surface area contributed by atoms with Gasteiger partial charge in [0.25, 0.3) is 0 Å². The summed E-state index contributed by atoms with van der Waals surface area (Å²) in [6.45, 7) is 6.31. The summed E-state index contributed by atoms with van der Waals surface area (Å²) in [5.41, 5.74) is 0. The number of aliphatic hydroxyl groups excluding tert-OH is 3. The molecule has 3 N–H and O–H groups in total. The van der Waals surface area contributed by atoms with Crippen LogP contribution in [0, 0.1) is 5.92 Å². The molecule has 0 unspecified atom stereocenters. The Morgan fingerprint density at radius 1 is 0.528 bits per heavy atom. The lowest BCUT2D eigenvalue weighted by Crippen LogP contribution is -2.25. The van der Waals surface area contributed by atoms with E-state index in [0.717, 1.165) is 31.6 Å². The molecule has 304 valence electrons. The highest BCUT2D eigenvalue weighted by Gasteiger charge is 2.12. The van der Waals surface area contributed by atoms with E-state index in [9.17, 15) is 24.9 Å². The molecule has 7 nitrogen and oxygen atoms in total. The molecule has 0 aromatic rings. The zero-order chi connectivity index (χ0) is 39.0. The number of hydrogen-bond acceptors (Lipinski definition) is 7. The molecule has 0 aliphatic rings. The van der Waals surface area contributed by atoms with Crippen LogP contribution in [-0.2, 0) is 19.1 Å². The molecule has 0 aliphatic heterocycles. The molecule has 7 heteroatoms. The number of ether oxygens (including phenoxy) is 2. The number of carbonyl (C=O) groups is 2. The Morgan fingerprint density at radius 3 is 1.45 bits per heavy atom. The second-order valence-electron chi connectivity index (χ2n) is 14.6. The number of carbonyl (C=O) groups excluding carboxylic acids is 2. The van der Waals surface area contributed by atoms with Gasteiger partial charge in [0.15, 0.2) is 0 Å². The molecule has 0 saturated heterocycles. The minimum atomic E-state index is -1.03. The second kappa shape index (κ2) is 39.0. The molecule has 3 atom stereocenters. The van der Waals surface area contributed by atoms with Gasteiger partial charge >= 0.3 is 11.9 Å². The first-order chi connectivity index (χ1) is 25.7. The molecule has 0 saturated carbocycles. The lowest BCUT2D eigenvalue weighted by atomic mass is 10.0. The van der Waals surface area contributed by atoms with Crippen molar-refractivity contribution in [1.29, 1.82) is 0 Å². The van der Waals surface area contributed by atoms with E-state index in [4.69, 9.17) is 9.47 Å². The third-order valence-corrected chi connectivity index (χ3v) is 8.81. The van der Waals surface area contributed by atoms with Gasteiger partial charge in [0.1, 0.15) is 19.3 Å². The number of hydrogen-bond donors (Lipinski definition) is 3. The molecular formula is C46H78O7. The smallest absolute Gasteiger partial charge is 0.306 e. The maximum atomic E-state index is 12.0. The highest BCUT2D eigenvalue weighted by atomic mass is 16.6. The summed E-state index contributed by atoms with van der Waals surface area (Å²) in [6, 6.07) is 0. The Bertz CT molecular complexity index is 1020. The third kappa shape index (κ3) is 40.3. The zero-order valence-electron chi connectivity index (χ0n) is 33.9. The second-order valence-corrected chi connectivity index (χ2v) is 14.6. The van der Waals surface area contributed by atoms with Crippen LogP contribution < -0.4 is 0 Å². The van der Waals surface area contributed by atoms with E-state index in [1.807, 2.05) is 48.6 Å². The summed E-state index contributed by atoms with van der Waals surface area (Å²) in [5.74, 6) is 0.117. The molecule has 0 fully saturated rings. The van der Waals surface area contributed by atoms with Gasteiger partial charge in [-0.3, -0.25) is 9.59 Å². The Labute approximate surface area is 324 Å². The zero-order valence-corrected chi connectivity index (χ0v) is 33.9. The van der Waals surface area contributed by atoms with Crippen molar-refractivity contribution in [3.05, 3.63) is 72.9 Å². The van der Waals surface area contributed by atoms with Crippen molar-refractivity contribution in [2.24, 2.45) is 5.92 Å². The van der Waals surface area contributed by atoms with Gasteiger partial charge in [-0.25, -0.2) is 0 Å². The van der Waals surface area contributed by atoms with Crippen LogP contribution in [0.3, 0.4) is 0 Å². The fourth-order valence-electron chi connectivity index (χ4n) is 5.59. The van der Waals surface area contributed by atoms with E-state index >= 15 is 0 Å². The van der Waals surface area contributed by atoms with E-state index in [-0.39, 0.29) is 25.6 Å². The van der Waals surface area contributed by atoms with E-state index < -0.39 is 24.3 Å². The molecule has 0 spiro atoms. The van der Waals surface area contributed by atoms with E-state index in [1.54, 1.807) is 24.3 Å². The molecule has 0 radical (unpaired) electrons. The lowest BCUT2D eigenvalue weighted by molar-refractivity contribution is -0.152. The fraction of sp³-hybridized carbons (Fsp3) is 0.696. The number of unbranched alkanes of at least 4 members (excludes halogenated alkanes) is 14. The van der Waals surface area contributed by atoms with Crippen LogP contribution in [0.15, 0.2) is 72.9 Å². The normalized spacial score (nSPS) is 14.2. The third-order valence-electron chi connectivity index (χ3n) is 8.81. The molecule has 0 amide bonds. The molecule has 0 heterocycles. The molecule has 0 aliphatic carbocycles. The largest absolute Gasteiger partial charge is 0.463 e. The fourth-order valence-corrected chi connectivity index (χ4v) is 5.59. The first-order valence-electron chi connectivity index (χ1n) is 21.1. The van der Waals surface area contributed by atoms with Gasteiger partial charge in [-0.15, -0.1) is 0 Å². The minimum absolute atomic E-state index is 0.169. The predicted octanol–water partition coefficient (Wildman–Crippen LogP) is 11.1. The SMILES string of the molecule is CC/C=C\C[C@@H](O)/C=C/C=C\C=C\[C@@H](O)C/C=C\C/C=C\CCC(=O)OC[C@@H](O)COC(=O)CCCCCCCCCCCCCCCCCC(C)C. The van der Waals surface area contributed by atoms with Crippen molar-refractivity contribution in [1.82, 2.24) is 0 Å². The van der Waals surface area contributed by atoms with Crippen molar-refractivity contribution in [3.63, 3.8) is 0 Å². The van der Waals surface area contributed by atoms with Gasteiger partial charge in [0.2, 0.25) is 0 Å². The lowest BCUT2D eigenvalue weighted by Gasteiger charge is -2.12. The standard InChI is InChI=1S/C46H78O7/c1-4-5-25-33-42(47)35-28-23-24-29-36-43(48)34-27-20-17-18-22-31-38-46(51)53-40-44(49)39-52-45(50)37-30-21-16-14-12-10-8-6-7-9-11-13-15-19-26-32-41(2)3/h5,18,20,22-25,27-29,35-36,41-44,47-49H,4,6-17,19,21,26,30-34,37-40H2,1-3H3/b22-18-,24-23-,25-5-,27-20-,35-28+,36-29+/t42-,43+,44+/m1/s1. The van der Waals surface area contributed by atoms with Crippen LogP contribution in [0.1, 0.15) is 168 Å². The maximum absolute atomic E-state index is 12.0. The van der Waals surface area contributed by atoms with E-state index in [2.05, 4.69) is 20.8 Å². The molecule has 0 rings (SSSR count).